The number of ether oxygens (including phenoxy) is 1. The van der Waals surface area contributed by atoms with E-state index < -0.39 is 6.03 Å². The Labute approximate surface area is 172 Å². The van der Waals surface area contributed by atoms with Gasteiger partial charge in [0.15, 0.2) is 0 Å². The van der Waals surface area contributed by atoms with Gasteiger partial charge in [0.05, 0.1) is 11.2 Å². The number of carbonyl (C=O) groups excluding carboxylic acids is 1. The van der Waals surface area contributed by atoms with Gasteiger partial charge in [0, 0.05) is 51.9 Å². The van der Waals surface area contributed by atoms with Crippen molar-refractivity contribution < 1.29 is 9.53 Å². The van der Waals surface area contributed by atoms with Crippen LogP contribution in [0.15, 0.2) is 18.2 Å². The number of para-hydroxylation sites is 1. The molecule has 0 atom stereocenters. The average Bonchev–Trinajstić information content (AvgIpc) is 3.12. The van der Waals surface area contributed by atoms with E-state index in [9.17, 15) is 4.79 Å². The summed E-state index contributed by atoms with van der Waals surface area (Å²) in [6, 6.07) is 6.28. The molecule has 3 heterocycles. The first-order valence-corrected chi connectivity index (χ1v) is 10.9. The number of rotatable bonds is 5. The molecule has 0 saturated carbocycles. The van der Waals surface area contributed by atoms with Crippen molar-refractivity contribution in [2.75, 3.05) is 44.3 Å². The van der Waals surface area contributed by atoms with E-state index in [1.165, 1.54) is 0 Å². The third kappa shape index (κ3) is 4.26. The molecule has 158 valence electrons. The Morgan fingerprint density at radius 1 is 1.21 bits per heavy atom. The predicted octanol–water partition coefficient (Wildman–Crippen LogP) is 2.85. The lowest BCUT2D eigenvalue weighted by molar-refractivity contribution is 0.0321. The first-order chi connectivity index (χ1) is 14.0. The molecule has 0 bridgehead atoms. The summed E-state index contributed by atoms with van der Waals surface area (Å²) in [6.45, 7) is 10.2. The van der Waals surface area contributed by atoms with E-state index in [4.69, 9.17) is 15.5 Å². The second-order valence-electron chi connectivity index (χ2n) is 8.65. The SMILES string of the molecule is CC(C)CCc1nc2c(N3CCN(C4CCOCC4)CC3)cccc2n1C(N)=O. The van der Waals surface area contributed by atoms with Crippen LogP contribution in [0.3, 0.4) is 0 Å². The average molecular weight is 400 g/mol. The Morgan fingerprint density at radius 2 is 1.93 bits per heavy atom. The fourth-order valence-electron chi connectivity index (χ4n) is 4.60. The molecule has 2 aliphatic rings. The zero-order valence-corrected chi connectivity index (χ0v) is 17.6. The molecule has 0 spiro atoms. The number of piperazine rings is 1. The summed E-state index contributed by atoms with van der Waals surface area (Å²) in [5, 5.41) is 0. The standard InChI is InChI=1S/C22H33N5O2/c1-16(2)6-7-20-24-21-18(4-3-5-19(21)27(20)22(23)28)26-12-10-25(11-13-26)17-8-14-29-15-9-17/h3-5,16-17H,6-15H2,1-2H3,(H2,23,28). The molecule has 1 aromatic heterocycles. The van der Waals surface area contributed by atoms with E-state index in [1.54, 1.807) is 4.57 Å². The maximum Gasteiger partial charge on any atom is 0.324 e. The van der Waals surface area contributed by atoms with Crippen molar-refractivity contribution in [1.82, 2.24) is 14.5 Å². The molecule has 2 aromatic rings. The number of nitrogens with zero attached hydrogens (tertiary/aromatic N) is 4. The molecule has 1 amide bonds. The van der Waals surface area contributed by atoms with Gasteiger partial charge in [0.25, 0.3) is 0 Å². The van der Waals surface area contributed by atoms with Gasteiger partial charge in [-0.05, 0) is 37.3 Å². The van der Waals surface area contributed by atoms with Crippen molar-refractivity contribution in [2.45, 2.75) is 45.6 Å². The normalized spacial score (nSPS) is 19.3. The number of anilines is 1. The van der Waals surface area contributed by atoms with Crippen LogP contribution in [-0.2, 0) is 11.2 Å². The molecule has 29 heavy (non-hydrogen) atoms. The van der Waals surface area contributed by atoms with E-state index in [-0.39, 0.29) is 0 Å². The van der Waals surface area contributed by atoms with Gasteiger partial charge in [-0.1, -0.05) is 19.9 Å². The van der Waals surface area contributed by atoms with Crippen LogP contribution in [0.4, 0.5) is 10.5 Å². The minimum absolute atomic E-state index is 0.451. The predicted molar refractivity (Wildman–Crippen MR) is 116 cm³/mol. The lowest BCUT2D eigenvalue weighted by atomic mass is 10.1. The smallest absolute Gasteiger partial charge is 0.324 e. The fraction of sp³-hybridized carbons (Fsp3) is 0.636. The molecule has 7 nitrogen and oxygen atoms in total. The number of hydrogen-bond donors (Lipinski definition) is 1. The highest BCUT2D eigenvalue weighted by Gasteiger charge is 2.27. The molecule has 2 N–H and O–H groups in total. The highest BCUT2D eigenvalue weighted by atomic mass is 16.5. The summed E-state index contributed by atoms with van der Waals surface area (Å²) in [5.41, 5.74) is 8.54. The fourth-order valence-corrected chi connectivity index (χ4v) is 4.60. The highest BCUT2D eigenvalue weighted by Crippen LogP contribution is 2.29. The van der Waals surface area contributed by atoms with E-state index in [0.717, 1.165) is 87.6 Å². The minimum atomic E-state index is -0.451. The third-order valence-electron chi connectivity index (χ3n) is 6.26. The quantitative estimate of drug-likeness (QED) is 0.837. The summed E-state index contributed by atoms with van der Waals surface area (Å²) in [5.74, 6) is 1.32. The maximum absolute atomic E-state index is 12.2. The van der Waals surface area contributed by atoms with Crippen LogP contribution >= 0.6 is 0 Å². The van der Waals surface area contributed by atoms with Crippen LogP contribution in [0.25, 0.3) is 11.0 Å². The van der Waals surface area contributed by atoms with Crippen molar-refractivity contribution in [3.63, 3.8) is 0 Å². The number of imidazole rings is 1. The van der Waals surface area contributed by atoms with Crippen molar-refractivity contribution in [2.24, 2.45) is 11.7 Å². The zero-order valence-electron chi connectivity index (χ0n) is 17.6. The molecule has 1 aromatic carbocycles. The molecular formula is C22H33N5O2. The summed E-state index contributed by atoms with van der Waals surface area (Å²) in [4.78, 5) is 22.1. The van der Waals surface area contributed by atoms with Gasteiger partial charge < -0.3 is 15.4 Å². The first-order valence-electron chi connectivity index (χ1n) is 10.9. The van der Waals surface area contributed by atoms with Crippen molar-refractivity contribution in [1.29, 1.82) is 0 Å². The lowest BCUT2D eigenvalue weighted by Gasteiger charge is -2.41. The van der Waals surface area contributed by atoms with Crippen LogP contribution in [-0.4, -0.2) is 65.9 Å². The van der Waals surface area contributed by atoms with Gasteiger partial charge in [-0.15, -0.1) is 0 Å². The Hall–Kier alpha value is -2.12. The molecular weight excluding hydrogens is 366 g/mol. The number of fused-ring (bicyclic) bond motifs is 1. The van der Waals surface area contributed by atoms with Gasteiger partial charge in [-0.3, -0.25) is 4.90 Å². The summed E-state index contributed by atoms with van der Waals surface area (Å²) in [6.07, 6.45) is 4.01. The molecule has 2 saturated heterocycles. The largest absolute Gasteiger partial charge is 0.381 e. The second kappa shape index (κ2) is 8.71. The number of aromatic nitrogens is 2. The second-order valence-corrected chi connectivity index (χ2v) is 8.65. The van der Waals surface area contributed by atoms with Crippen LogP contribution in [0.2, 0.25) is 0 Å². The Bertz CT molecular complexity index is 848. The molecule has 4 rings (SSSR count). The topological polar surface area (TPSA) is 76.6 Å². The summed E-state index contributed by atoms with van der Waals surface area (Å²) < 4.78 is 7.11. The molecule has 0 unspecified atom stereocenters. The number of nitrogens with two attached hydrogens (primary N) is 1. The zero-order chi connectivity index (χ0) is 20.4. The minimum Gasteiger partial charge on any atom is -0.381 e. The van der Waals surface area contributed by atoms with Gasteiger partial charge in [-0.2, -0.15) is 0 Å². The molecule has 0 aliphatic carbocycles. The molecule has 2 fully saturated rings. The summed E-state index contributed by atoms with van der Waals surface area (Å²) >= 11 is 0. The van der Waals surface area contributed by atoms with E-state index in [2.05, 4.69) is 29.7 Å². The highest BCUT2D eigenvalue weighted by molar-refractivity contribution is 5.95. The summed E-state index contributed by atoms with van der Waals surface area (Å²) in [7, 11) is 0. The van der Waals surface area contributed by atoms with Crippen LogP contribution < -0.4 is 10.6 Å². The number of hydrogen-bond acceptors (Lipinski definition) is 5. The van der Waals surface area contributed by atoms with Crippen LogP contribution in [0, 0.1) is 5.92 Å². The van der Waals surface area contributed by atoms with Crippen molar-refractivity contribution in [3.05, 3.63) is 24.0 Å². The Balaban J connectivity index is 1.56. The van der Waals surface area contributed by atoms with Crippen molar-refractivity contribution in [3.8, 4) is 0 Å². The van der Waals surface area contributed by atoms with Gasteiger partial charge in [-0.25, -0.2) is 14.3 Å². The lowest BCUT2D eigenvalue weighted by Crippen LogP contribution is -2.51. The van der Waals surface area contributed by atoms with Crippen LogP contribution in [0.5, 0.6) is 0 Å². The van der Waals surface area contributed by atoms with E-state index >= 15 is 0 Å². The number of benzene rings is 1. The number of aryl methyl sites for hydroxylation is 1. The number of carbonyl (C=O) groups is 1. The van der Waals surface area contributed by atoms with Crippen molar-refractivity contribution >= 4 is 22.8 Å². The molecule has 7 heteroatoms. The van der Waals surface area contributed by atoms with E-state index in [1.807, 2.05) is 12.1 Å². The molecule has 2 aliphatic heterocycles. The van der Waals surface area contributed by atoms with E-state index in [0.29, 0.717) is 12.0 Å². The first kappa shape index (κ1) is 20.2. The molecule has 0 radical (unpaired) electrons. The third-order valence-corrected chi connectivity index (χ3v) is 6.26. The van der Waals surface area contributed by atoms with Crippen LogP contribution in [0.1, 0.15) is 38.9 Å². The number of primary amides is 1. The number of amides is 1. The van der Waals surface area contributed by atoms with Gasteiger partial charge >= 0.3 is 6.03 Å². The van der Waals surface area contributed by atoms with Gasteiger partial charge in [0.2, 0.25) is 0 Å². The Morgan fingerprint density at radius 3 is 2.59 bits per heavy atom. The maximum atomic E-state index is 12.2. The Kier molecular flexibility index (Phi) is 6.06. The monoisotopic (exact) mass is 399 g/mol. The van der Waals surface area contributed by atoms with Gasteiger partial charge in [0.1, 0.15) is 11.3 Å².